The van der Waals surface area contributed by atoms with Crippen LogP contribution in [-0.4, -0.2) is 23.3 Å². The number of aliphatic hydroxyl groups excluding tert-OH is 1. The molecule has 3 N–H and O–H groups in total. The Labute approximate surface area is 77.4 Å². The standard InChI is InChI=1S/C9H14N2O2/c1-2-13-9-5-3-4-8(11-9)7(10)6-12/h3-5,7,12H,2,6,10H2,1H3. The Morgan fingerprint density at radius 2 is 2.38 bits per heavy atom. The predicted molar refractivity (Wildman–Crippen MR) is 49.4 cm³/mol. The number of nitrogens with two attached hydrogens (primary N) is 1. The van der Waals surface area contributed by atoms with Gasteiger partial charge in [0.1, 0.15) is 0 Å². The van der Waals surface area contributed by atoms with Crippen molar-refractivity contribution in [2.45, 2.75) is 13.0 Å². The van der Waals surface area contributed by atoms with Crippen LogP contribution in [0.25, 0.3) is 0 Å². The summed E-state index contributed by atoms with van der Waals surface area (Å²) in [4.78, 5) is 4.13. The maximum absolute atomic E-state index is 8.80. The van der Waals surface area contributed by atoms with Crippen molar-refractivity contribution < 1.29 is 9.84 Å². The van der Waals surface area contributed by atoms with Gasteiger partial charge in [-0.2, -0.15) is 0 Å². The van der Waals surface area contributed by atoms with Gasteiger partial charge in [-0.25, -0.2) is 4.98 Å². The van der Waals surface area contributed by atoms with Crippen molar-refractivity contribution in [3.8, 4) is 5.88 Å². The summed E-state index contributed by atoms with van der Waals surface area (Å²) < 4.78 is 5.19. The Morgan fingerprint density at radius 3 is 3.00 bits per heavy atom. The van der Waals surface area contributed by atoms with Gasteiger partial charge in [-0.3, -0.25) is 0 Å². The number of ether oxygens (including phenoxy) is 1. The van der Waals surface area contributed by atoms with Gasteiger partial charge in [0.2, 0.25) is 5.88 Å². The zero-order valence-electron chi connectivity index (χ0n) is 7.60. The van der Waals surface area contributed by atoms with Crippen molar-refractivity contribution in [3.63, 3.8) is 0 Å². The molecule has 72 valence electrons. The SMILES string of the molecule is CCOc1cccc(C(N)CO)n1. The summed E-state index contributed by atoms with van der Waals surface area (Å²) in [6.07, 6.45) is 0. The first-order valence-electron chi connectivity index (χ1n) is 4.24. The second kappa shape index (κ2) is 4.79. The molecular weight excluding hydrogens is 168 g/mol. The fraction of sp³-hybridized carbons (Fsp3) is 0.444. The maximum atomic E-state index is 8.80. The third-order valence-corrected chi connectivity index (χ3v) is 1.61. The van der Waals surface area contributed by atoms with Crippen molar-refractivity contribution in [1.82, 2.24) is 4.98 Å². The van der Waals surface area contributed by atoms with Crippen LogP contribution in [0, 0.1) is 0 Å². The highest BCUT2D eigenvalue weighted by Crippen LogP contribution is 2.11. The molecular formula is C9H14N2O2. The van der Waals surface area contributed by atoms with Gasteiger partial charge in [0.05, 0.1) is 24.9 Å². The summed E-state index contributed by atoms with van der Waals surface area (Å²) in [5, 5.41) is 8.80. The van der Waals surface area contributed by atoms with E-state index in [-0.39, 0.29) is 6.61 Å². The summed E-state index contributed by atoms with van der Waals surface area (Å²) in [6.45, 7) is 2.35. The fourth-order valence-corrected chi connectivity index (χ4v) is 0.959. The first-order chi connectivity index (χ1) is 6.27. The highest BCUT2D eigenvalue weighted by molar-refractivity contribution is 5.17. The van der Waals surface area contributed by atoms with Crippen molar-refractivity contribution in [2.75, 3.05) is 13.2 Å². The van der Waals surface area contributed by atoms with Gasteiger partial charge < -0.3 is 15.6 Å². The minimum absolute atomic E-state index is 0.109. The van der Waals surface area contributed by atoms with Crippen LogP contribution in [0.15, 0.2) is 18.2 Å². The van der Waals surface area contributed by atoms with Gasteiger partial charge in [0.15, 0.2) is 0 Å². The average molecular weight is 182 g/mol. The molecule has 4 nitrogen and oxygen atoms in total. The largest absolute Gasteiger partial charge is 0.478 e. The lowest BCUT2D eigenvalue weighted by Crippen LogP contribution is -2.16. The van der Waals surface area contributed by atoms with Crippen LogP contribution in [0.2, 0.25) is 0 Å². The number of aliphatic hydroxyl groups is 1. The number of aromatic nitrogens is 1. The third-order valence-electron chi connectivity index (χ3n) is 1.61. The van der Waals surface area contributed by atoms with Gasteiger partial charge in [-0.1, -0.05) is 6.07 Å². The topological polar surface area (TPSA) is 68.4 Å². The summed E-state index contributed by atoms with van der Waals surface area (Å²) in [5.74, 6) is 0.545. The van der Waals surface area contributed by atoms with Crippen LogP contribution in [0.5, 0.6) is 5.88 Å². The number of nitrogens with zero attached hydrogens (tertiary/aromatic N) is 1. The van der Waals surface area contributed by atoms with Crippen LogP contribution in [0.4, 0.5) is 0 Å². The van der Waals surface area contributed by atoms with Crippen molar-refractivity contribution >= 4 is 0 Å². The second-order valence-electron chi connectivity index (χ2n) is 2.62. The summed E-state index contributed by atoms with van der Waals surface area (Å²) in [7, 11) is 0. The number of hydrogen-bond acceptors (Lipinski definition) is 4. The zero-order valence-corrected chi connectivity index (χ0v) is 7.60. The molecule has 4 heteroatoms. The smallest absolute Gasteiger partial charge is 0.213 e. The molecule has 0 spiro atoms. The molecule has 0 saturated heterocycles. The summed E-state index contributed by atoms with van der Waals surface area (Å²) in [5.41, 5.74) is 6.24. The molecule has 0 fully saturated rings. The number of pyridine rings is 1. The molecule has 1 atom stereocenters. The van der Waals surface area contributed by atoms with E-state index in [0.29, 0.717) is 18.2 Å². The van der Waals surface area contributed by atoms with Crippen molar-refractivity contribution in [1.29, 1.82) is 0 Å². The molecule has 1 aromatic heterocycles. The molecule has 0 aliphatic rings. The molecule has 1 rings (SSSR count). The highest BCUT2D eigenvalue weighted by atomic mass is 16.5. The molecule has 13 heavy (non-hydrogen) atoms. The molecule has 0 aliphatic carbocycles. The normalized spacial score (nSPS) is 12.5. The fourth-order valence-electron chi connectivity index (χ4n) is 0.959. The van der Waals surface area contributed by atoms with Gasteiger partial charge >= 0.3 is 0 Å². The van der Waals surface area contributed by atoms with E-state index in [9.17, 15) is 0 Å². The van der Waals surface area contributed by atoms with Crippen LogP contribution >= 0.6 is 0 Å². The third kappa shape index (κ3) is 2.68. The Morgan fingerprint density at radius 1 is 1.62 bits per heavy atom. The lowest BCUT2D eigenvalue weighted by atomic mass is 10.2. The Hall–Kier alpha value is -1.13. The number of hydrogen-bond donors (Lipinski definition) is 2. The van der Waals surface area contributed by atoms with Crippen LogP contribution in [0.1, 0.15) is 18.7 Å². The van der Waals surface area contributed by atoms with E-state index >= 15 is 0 Å². The maximum Gasteiger partial charge on any atom is 0.213 e. The van der Waals surface area contributed by atoms with Crippen molar-refractivity contribution in [2.24, 2.45) is 5.73 Å². The Balaban J connectivity index is 2.78. The molecule has 0 amide bonds. The van der Waals surface area contributed by atoms with E-state index in [2.05, 4.69) is 4.98 Å². The van der Waals surface area contributed by atoms with E-state index in [1.54, 1.807) is 12.1 Å². The monoisotopic (exact) mass is 182 g/mol. The highest BCUT2D eigenvalue weighted by Gasteiger charge is 2.06. The van der Waals surface area contributed by atoms with E-state index < -0.39 is 6.04 Å². The van der Waals surface area contributed by atoms with E-state index in [1.165, 1.54) is 0 Å². The van der Waals surface area contributed by atoms with Gasteiger partial charge in [-0.05, 0) is 13.0 Å². The molecule has 1 heterocycles. The summed E-state index contributed by atoms with van der Waals surface area (Å²) in [6, 6.07) is 4.91. The lowest BCUT2D eigenvalue weighted by Gasteiger charge is -2.08. The molecule has 1 unspecified atom stereocenters. The van der Waals surface area contributed by atoms with Gasteiger partial charge in [0.25, 0.3) is 0 Å². The van der Waals surface area contributed by atoms with Crippen molar-refractivity contribution in [3.05, 3.63) is 23.9 Å². The first-order valence-corrected chi connectivity index (χ1v) is 4.24. The Bertz CT molecular complexity index is 266. The minimum Gasteiger partial charge on any atom is -0.478 e. The van der Waals surface area contributed by atoms with Crippen LogP contribution in [0.3, 0.4) is 0 Å². The van der Waals surface area contributed by atoms with Crippen LogP contribution < -0.4 is 10.5 Å². The number of rotatable bonds is 4. The van der Waals surface area contributed by atoms with E-state index in [4.69, 9.17) is 15.6 Å². The van der Waals surface area contributed by atoms with E-state index in [1.807, 2.05) is 13.0 Å². The van der Waals surface area contributed by atoms with E-state index in [0.717, 1.165) is 0 Å². The molecule has 0 aliphatic heterocycles. The molecule has 0 radical (unpaired) electrons. The molecule has 0 bridgehead atoms. The van der Waals surface area contributed by atoms with Crippen LogP contribution in [-0.2, 0) is 0 Å². The molecule has 0 aromatic carbocycles. The lowest BCUT2D eigenvalue weighted by molar-refractivity contribution is 0.264. The summed E-state index contributed by atoms with van der Waals surface area (Å²) >= 11 is 0. The zero-order chi connectivity index (χ0) is 9.68. The second-order valence-corrected chi connectivity index (χ2v) is 2.62. The quantitative estimate of drug-likeness (QED) is 0.710. The Kier molecular flexibility index (Phi) is 3.67. The van der Waals surface area contributed by atoms with Gasteiger partial charge in [-0.15, -0.1) is 0 Å². The average Bonchev–Trinajstić information content (AvgIpc) is 2.18. The first kappa shape index (κ1) is 9.95. The molecule has 1 aromatic rings. The minimum atomic E-state index is -0.430. The molecule has 0 saturated carbocycles. The predicted octanol–water partition coefficient (Wildman–Crippen LogP) is 0.472. The van der Waals surface area contributed by atoms with Gasteiger partial charge in [0, 0.05) is 6.07 Å².